The fourth-order valence-electron chi connectivity index (χ4n) is 4.37. The van der Waals surface area contributed by atoms with Crippen LogP contribution < -0.4 is 10.6 Å². The first-order chi connectivity index (χ1) is 9.81. The van der Waals surface area contributed by atoms with Gasteiger partial charge < -0.3 is 10.6 Å². The summed E-state index contributed by atoms with van der Waals surface area (Å²) in [6, 6.07) is 11.1. The predicted octanol–water partition coefficient (Wildman–Crippen LogP) is 1.82. The number of benzene rings is 1. The maximum absolute atomic E-state index is 6.24. The third-order valence-corrected chi connectivity index (χ3v) is 5.27. The lowest BCUT2D eigenvalue weighted by Crippen LogP contribution is -2.59. The second-order valence-corrected chi connectivity index (χ2v) is 6.25. The monoisotopic (exact) mass is 270 g/mol. The van der Waals surface area contributed by atoms with Gasteiger partial charge in [0.1, 0.15) is 0 Å². The standard InChI is InChI=1S/C16H22N4/c17-15-18-12-16(20(15)13-6-2-1-3-7-13)9-11-19-10-5-4-8-14(16)19/h1-3,6-7,14H,4-5,8-12H2,(H2,17,18). The summed E-state index contributed by atoms with van der Waals surface area (Å²) < 4.78 is 0. The maximum atomic E-state index is 6.24. The summed E-state index contributed by atoms with van der Waals surface area (Å²) >= 11 is 0. The van der Waals surface area contributed by atoms with E-state index >= 15 is 0 Å². The van der Waals surface area contributed by atoms with E-state index in [0.29, 0.717) is 12.0 Å². The molecular weight excluding hydrogens is 248 g/mol. The minimum absolute atomic E-state index is 0.103. The number of hydrogen-bond donors (Lipinski definition) is 1. The van der Waals surface area contributed by atoms with E-state index in [2.05, 4.69) is 45.1 Å². The third kappa shape index (κ3) is 1.61. The third-order valence-electron chi connectivity index (χ3n) is 5.27. The van der Waals surface area contributed by atoms with Gasteiger partial charge in [-0.15, -0.1) is 0 Å². The molecule has 1 aromatic rings. The molecule has 3 aliphatic rings. The Morgan fingerprint density at radius 2 is 2.00 bits per heavy atom. The predicted molar refractivity (Wildman–Crippen MR) is 82.0 cm³/mol. The van der Waals surface area contributed by atoms with Crippen LogP contribution in [0.25, 0.3) is 0 Å². The summed E-state index contributed by atoms with van der Waals surface area (Å²) in [7, 11) is 0. The zero-order chi connectivity index (χ0) is 13.6. The molecular formula is C16H22N4. The van der Waals surface area contributed by atoms with E-state index in [9.17, 15) is 0 Å². The van der Waals surface area contributed by atoms with Crippen LogP contribution in [-0.2, 0) is 0 Å². The molecule has 4 nitrogen and oxygen atoms in total. The molecule has 0 radical (unpaired) electrons. The van der Waals surface area contributed by atoms with Crippen LogP contribution in [0.15, 0.2) is 35.3 Å². The van der Waals surface area contributed by atoms with Gasteiger partial charge in [0.05, 0.1) is 12.1 Å². The van der Waals surface area contributed by atoms with Gasteiger partial charge in [0.2, 0.25) is 0 Å². The van der Waals surface area contributed by atoms with Gasteiger partial charge in [-0.2, -0.15) is 0 Å². The van der Waals surface area contributed by atoms with Crippen molar-refractivity contribution < 1.29 is 0 Å². The second-order valence-electron chi connectivity index (χ2n) is 6.25. The lowest BCUT2D eigenvalue weighted by atomic mass is 9.84. The molecule has 106 valence electrons. The average molecular weight is 270 g/mol. The number of nitrogens with two attached hydrogens (primary N) is 1. The molecule has 0 saturated carbocycles. The Hall–Kier alpha value is -1.55. The topological polar surface area (TPSA) is 44.9 Å². The van der Waals surface area contributed by atoms with Crippen LogP contribution in [0.5, 0.6) is 0 Å². The van der Waals surface area contributed by atoms with Crippen molar-refractivity contribution in [1.29, 1.82) is 0 Å². The summed E-state index contributed by atoms with van der Waals surface area (Å²) in [5.41, 5.74) is 7.54. The highest BCUT2D eigenvalue weighted by molar-refractivity contribution is 5.98. The molecule has 4 rings (SSSR count). The van der Waals surface area contributed by atoms with Gasteiger partial charge in [0.15, 0.2) is 5.96 Å². The highest BCUT2D eigenvalue weighted by Gasteiger charge is 2.55. The molecule has 1 spiro atoms. The number of hydrogen-bond acceptors (Lipinski definition) is 4. The van der Waals surface area contributed by atoms with Crippen molar-refractivity contribution in [2.24, 2.45) is 10.7 Å². The molecule has 2 saturated heterocycles. The summed E-state index contributed by atoms with van der Waals surface area (Å²) in [4.78, 5) is 9.60. The summed E-state index contributed by atoms with van der Waals surface area (Å²) in [6.07, 6.45) is 5.14. The van der Waals surface area contributed by atoms with Crippen LogP contribution in [0.1, 0.15) is 25.7 Å². The van der Waals surface area contributed by atoms with E-state index in [0.717, 1.165) is 6.54 Å². The van der Waals surface area contributed by atoms with Gasteiger partial charge in [-0.05, 0) is 37.9 Å². The summed E-state index contributed by atoms with van der Waals surface area (Å²) in [5.74, 6) is 0.698. The van der Waals surface area contributed by atoms with Crippen LogP contribution >= 0.6 is 0 Å². The first kappa shape index (κ1) is 12.2. The van der Waals surface area contributed by atoms with Crippen molar-refractivity contribution in [2.75, 3.05) is 24.5 Å². The molecule has 0 aliphatic carbocycles. The van der Waals surface area contributed by atoms with Crippen molar-refractivity contribution >= 4 is 11.6 Å². The quantitative estimate of drug-likeness (QED) is 0.846. The number of anilines is 1. The second kappa shape index (κ2) is 4.48. The van der Waals surface area contributed by atoms with Gasteiger partial charge in [0, 0.05) is 18.3 Å². The van der Waals surface area contributed by atoms with Crippen LogP contribution in [0.4, 0.5) is 5.69 Å². The zero-order valence-electron chi connectivity index (χ0n) is 11.8. The number of aliphatic imine (C=N–C) groups is 1. The molecule has 2 atom stereocenters. The number of guanidine groups is 1. The molecule has 0 amide bonds. The van der Waals surface area contributed by atoms with Crippen molar-refractivity contribution in [3.8, 4) is 0 Å². The van der Waals surface area contributed by atoms with Crippen LogP contribution in [0.3, 0.4) is 0 Å². The average Bonchev–Trinajstić information content (AvgIpc) is 3.03. The summed E-state index contributed by atoms with van der Waals surface area (Å²) in [5, 5.41) is 0. The van der Waals surface area contributed by atoms with E-state index in [1.54, 1.807) is 0 Å². The van der Waals surface area contributed by atoms with E-state index in [-0.39, 0.29) is 5.54 Å². The highest BCUT2D eigenvalue weighted by Crippen LogP contribution is 2.43. The van der Waals surface area contributed by atoms with Crippen LogP contribution in [0, 0.1) is 0 Å². The Morgan fingerprint density at radius 1 is 1.15 bits per heavy atom. The minimum atomic E-state index is 0.103. The lowest BCUT2D eigenvalue weighted by molar-refractivity contribution is 0.163. The number of para-hydroxylation sites is 1. The molecule has 2 N–H and O–H groups in total. The first-order valence-electron chi connectivity index (χ1n) is 7.70. The van der Waals surface area contributed by atoms with E-state index < -0.39 is 0 Å². The van der Waals surface area contributed by atoms with Crippen LogP contribution in [-0.4, -0.2) is 42.1 Å². The zero-order valence-corrected chi connectivity index (χ0v) is 11.8. The largest absolute Gasteiger partial charge is 0.369 e. The SMILES string of the molecule is NC1=NCC2(CCN3CCCCC32)N1c1ccccc1. The fraction of sp³-hybridized carbons (Fsp3) is 0.562. The molecule has 0 bridgehead atoms. The molecule has 20 heavy (non-hydrogen) atoms. The van der Waals surface area contributed by atoms with Gasteiger partial charge in [-0.3, -0.25) is 9.89 Å². The smallest absolute Gasteiger partial charge is 0.196 e. The van der Waals surface area contributed by atoms with Crippen molar-refractivity contribution in [1.82, 2.24) is 4.90 Å². The van der Waals surface area contributed by atoms with Crippen LogP contribution in [0.2, 0.25) is 0 Å². The maximum Gasteiger partial charge on any atom is 0.196 e. The van der Waals surface area contributed by atoms with Gasteiger partial charge >= 0.3 is 0 Å². The Morgan fingerprint density at radius 3 is 2.85 bits per heavy atom. The fourth-order valence-corrected chi connectivity index (χ4v) is 4.37. The molecule has 2 fully saturated rings. The highest BCUT2D eigenvalue weighted by atomic mass is 15.4. The first-order valence-corrected chi connectivity index (χ1v) is 7.70. The van der Waals surface area contributed by atoms with E-state index in [1.165, 1.54) is 44.5 Å². The number of rotatable bonds is 1. The number of piperidine rings is 1. The Kier molecular flexibility index (Phi) is 2.74. The van der Waals surface area contributed by atoms with Gasteiger partial charge in [-0.25, -0.2) is 0 Å². The molecule has 3 heterocycles. The Bertz CT molecular complexity index is 527. The Balaban J connectivity index is 1.74. The van der Waals surface area contributed by atoms with E-state index in [1.807, 2.05) is 0 Å². The normalized spacial score (nSPS) is 33.5. The van der Waals surface area contributed by atoms with E-state index in [4.69, 9.17) is 5.73 Å². The van der Waals surface area contributed by atoms with Crippen molar-refractivity contribution in [3.63, 3.8) is 0 Å². The Labute approximate surface area is 120 Å². The molecule has 3 aliphatic heterocycles. The number of nitrogens with zero attached hydrogens (tertiary/aromatic N) is 3. The molecule has 4 heteroatoms. The van der Waals surface area contributed by atoms with Gasteiger partial charge in [-0.1, -0.05) is 24.6 Å². The minimum Gasteiger partial charge on any atom is -0.369 e. The van der Waals surface area contributed by atoms with Crippen molar-refractivity contribution in [2.45, 2.75) is 37.3 Å². The summed E-state index contributed by atoms with van der Waals surface area (Å²) in [6.45, 7) is 3.29. The van der Waals surface area contributed by atoms with Gasteiger partial charge in [0.25, 0.3) is 0 Å². The lowest BCUT2D eigenvalue weighted by Gasteiger charge is -2.44. The number of fused-ring (bicyclic) bond motifs is 2. The molecule has 2 unspecified atom stereocenters. The molecule has 1 aromatic carbocycles. The van der Waals surface area contributed by atoms with Crippen molar-refractivity contribution in [3.05, 3.63) is 30.3 Å². The molecule has 0 aromatic heterocycles.